The van der Waals surface area contributed by atoms with Gasteiger partial charge < -0.3 is 5.41 Å². The van der Waals surface area contributed by atoms with E-state index in [0.29, 0.717) is 11.4 Å². The van der Waals surface area contributed by atoms with E-state index in [0.717, 1.165) is 0 Å². The summed E-state index contributed by atoms with van der Waals surface area (Å²) in [5.74, 6) is 0. The van der Waals surface area contributed by atoms with Crippen LogP contribution in [0.5, 0.6) is 0 Å². The molecule has 0 bridgehead atoms. The van der Waals surface area contributed by atoms with Crippen LogP contribution >= 0.6 is 0 Å². The maximum absolute atomic E-state index is 6.99. The molecule has 0 rings (SSSR count). The van der Waals surface area contributed by atoms with Gasteiger partial charge in [0.25, 0.3) is 0 Å². The molecule has 3 heteroatoms. The van der Waals surface area contributed by atoms with Gasteiger partial charge in [-0.3, -0.25) is 0 Å². The van der Waals surface area contributed by atoms with Crippen molar-refractivity contribution in [3.63, 3.8) is 0 Å². The van der Waals surface area contributed by atoms with Gasteiger partial charge in [-0.1, -0.05) is 0 Å². The van der Waals surface area contributed by atoms with Crippen molar-refractivity contribution in [2.75, 3.05) is 0 Å². The molecule has 0 radical (unpaired) electrons. The summed E-state index contributed by atoms with van der Waals surface area (Å²) in [6.07, 6.45) is 0. The standard InChI is InChI=1S/C5H9N3/c1-4(6)5(2)8-7-3/h6H,3H2,1-2H3/b6-4?,8-5+. The lowest BCUT2D eigenvalue weighted by molar-refractivity contribution is 1.26. The van der Waals surface area contributed by atoms with Crippen molar-refractivity contribution in [3.8, 4) is 0 Å². The lowest BCUT2D eigenvalue weighted by Crippen LogP contribution is -2.01. The molecule has 0 unspecified atom stereocenters. The van der Waals surface area contributed by atoms with Gasteiger partial charge in [-0.2, -0.15) is 10.2 Å². The Kier molecular flexibility index (Phi) is 2.69. The molecular formula is C5H9N3. The summed E-state index contributed by atoms with van der Waals surface area (Å²) in [5, 5.41) is 13.8. The highest BCUT2D eigenvalue weighted by molar-refractivity contribution is 6.39. The average molecular weight is 111 g/mol. The molecule has 0 aliphatic heterocycles. The van der Waals surface area contributed by atoms with Gasteiger partial charge in [0.05, 0.1) is 11.4 Å². The molecule has 0 fully saturated rings. The Hall–Kier alpha value is -0.990. The van der Waals surface area contributed by atoms with E-state index in [4.69, 9.17) is 5.41 Å². The van der Waals surface area contributed by atoms with Crippen LogP contribution in [0.15, 0.2) is 10.2 Å². The Balaban J connectivity index is 3.99. The summed E-state index contributed by atoms with van der Waals surface area (Å²) >= 11 is 0. The first kappa shape index (κ1) is 7.01. The van der Waals surface area contributed by atoms with E-state index in [9.17, 15) is 0 Å². The fourth-order valence-electron chi connectivity index (χ4n) is 0.181. The highest BCUT2D eigenvalue weighted by Gasteiger charge is 1.88. The molecule has 0 atom stereocenters. The van der Waals surface area contributed by atoms with Crippen LogP contribution in [0.2, 0.25) is 0 Å². The lowest BCUT2D eigenvalue weighted by Gasteiger charge is -1.88. The first-order chi connectivity index (χ1) is 3.68. The summed E-state index contributed by atoms with van der Waals surface area (Å²) < 4.78 is 0. The minimum absolute atomic E-state index is 0.428. The molecule has 0 aliphatic rings. The van der Waals surface area contributed by atoms with Crippen LogP contribution in [0.4, 0.5) is 0 Å². The zero-order valence-corrected chi connectivity index (χ0v) is 5.10. The highest BCUT2D eigenvalue weighted by Crippen LogP contribution is 1.78. The first-order valence-electron chi connectivity index (χ1n) is 2.24. The van der Waals surface area contributed by atoms with Crippen molar-refractivity contribution >= 4 is 18.1 Å². The molecule has 0 aromatic rings. The van der Waals surface area contributed by atoms with Gasteiger partial charge in [-0.25, -0.2) is 0 Å². The van der Waals surface area contributed by atoms with Crippen molar-refractivity contribution in [3.05, 3.63) is 0 Å². The fourth-order valence-corrected chi connectivity index (χ4v) is 0.181. The van der Waals surface area contributed by atoms with Gasteiger partial charge in [-0.15, -0.1) is 0 Å². The van der Waals surface area contributed by atoms with Crippen LogP contribution in [0.1, 0.15) is 13.8 Å². The van der Waals surface area contributed by atoms with Crippen LogP contribution in [-0.2, 0) is 0 Å². The Bertz CT molecular complexity index is 135. The summed E-state index contributed by atoms with van der Waals surface area (Å²) in [6, 6.07) is 0. The van der Waals surface area contributed by atoms with Crippen LogP contribution in [0.3, 0.4) is 0 Å². The van der Waals surface area contributed by atoms with E-state index in [-0.39, 0.29) is 0 Å². The lowest BCUT2D eigenvalue weighted by atomic mass is 10.3. The summed E-state index contributed by atoms with van der Waals surface area (Å²) in [7, 11) is 0. The molecule has 0 aromatic carbocycles. The van der Waals surface area contributed by atoms with E-state index >= 15 is 0 Å². The smallest absolute Gasteiger partial charge is 0.0803 e. The predicted octanol–water partition coefficient (Wildman–Crippen LogP) is 1.10. The molecule has 0 saturated carbocycles. The Morgan fingerprint density at radius 3 is 2.12 bits per heavy atom. The second-order valence-electron chi connectivity index (χ2n) is 1.45. The molecule has 0 spiro atoms. The Morgan fingerprint density at radius 2 is 2.00 bits per heavy atom. The van der Waals surface area contributed by atoms with Gasteiger partial charge in [0.2, 0.25) is 0 Å². The van der Waals surface area contributed by atoms with Crippen molar-refractivity contribution in [1.29, 1.82) is 5.41 Å². The second kappa shape index (κ2) is 3.07. The zero-order valence-electron chi connectivity index (χ0n) is 5.10. The topological polar surface area (TPSA) is 48.6 Å². The van der Waals surface area contributed by atoms with Gasteiger partial charge >= 0.3 is 0 Å². The van der Waals surface area contributed by atoms with E-state index < -0.39 is 0 Å². The quantitative estimate of drug-likeness (QED) is 0.410. The van der Waals surface area contributed by atoms with Crippen molar-refractivity contribution in [1.82, 2.24) is 0 Å². The van der Waals surface area contributed by atoms with Crippen LogP contribution < -0.4 is 0 Å². The van der Waals surface area contributed by atoms with Gasteiger partial charge in [0, 0.05) is 6.72 Å². The van der Waals surface area contributed by atoms with Crippen molar-refractivity contribution < 1.29 is 0 Å². The molecule has 44 valence electrons. The van der Waals surface area contributed by atoms with Gasteiger partial charge in [0.1, 0.15) is 0 Å². The second-order valence-corrected chi connectivity index (χ2v) is 1.45. The molecule has 0 amide bonds. The number of rotatable bonds is 2. The van der Waals surface area contributed by atoms with Crippen LogP contribution in [0, 0.1) is 5.41 Å². The molecule has 0 aromatic heterocycles. The van der Waals surface area contributed by atoms with E-state index in [2.05, 4.69) is 16.9 Å². The average Bonchev–Trinajstić information content (AvgIpc) is 1.67. The third-order valence-corrected chi connectivity index (χ3v) is 0.763. The molecule has 0 saturated heterocycles. The molecule has 0 heterocycles. The normalized spacial score (nSPS) is 11.0. The first-order valence-corrected chi connectivity index (χ1v) is 2.24. The molecule has 0 aliphatic carbocycles. The number of hydrogen-bond acceptors (Lipinski definition) is 3. The van der Waals surface area contributed by atoms with Crippen molar-refractivity contribution in [2.45, 2.75) is 13.8 Å². The number of hydrogen-bond donors (Lipinski definition) is 1. The fraction of sp³-hybridized carbons (Fsp3) is 0.400. The highest BCUT2D eigenvalue weighted by atomic mass is 15.2. The molecule has 8 heavy (non-hydrogen) atoms. The predicted molar refractivity (Wildman–Crippen MR) is 36.1 cm³/mol. The Morgan fingerprint density at radius 1 is 1.50 bits per heavy atom. The molecule has 1 N–H and O–H groups in total. The van der Waals surface area contributed by atoms with E-state index in [1.165, 1.54) is 0 Å². The van der Waals surface area contributed by atoms with Gasteiger partial charge in [-0.05, 0) is 13.8 Å². The van der Waals surface area contributed by atoms with Gasteiger partial charge in [0.15, 0.2) is 0 Å². The minimum atomic E-state index is 0.428. The monoisotopic (exact) mass is 111 g/mol. The van der Waals surface area contributed by atoms with Crippen LogP contribution in [0.25, 0.3) is 0 Å². The van der Waals surface area contributed by atoms with E-state index in [1.807, 2.05) is 0 Å². The summed E-state index contributed by atoms with van der Waals surface area (Å²) in [4.78, 5) is 0. The summed E-state index contributed by atoms with van der Waals surface area (Å²) in [5.41, 5.74) is 1.04. The SMILES string of the molecule is C=N/N=C(\C)C(C)=N. The number of nitrogens with zero attached hydrogens (tertiary/aromatic N) is 2. The third-order valence-electron chi connectivity index (χ3n) is 0.763. The third kappa shape index (κ3) is 2.23. The zero-order chi connectivity index (χ0) is 6.57. The Labute approximate surface area is 48.6 Å². The van der Waals surface area contributed by atoms with E-state index in [1.54, 1.807) is 13.8 Å². The number of nitrogens with one attached hydrogen (secondary N) is 1. The summed E-state index contributed by atoms with van der Waals surface area (Å²) in [6.45, 7) is 6.52. The van der Waals surface area contributed by atoms with Crippen LogP contribution in [-0.4, -0.2) is 18.1 Å². The molecule has 3 nitrogen and oxygen atoms in total. The maximum Gasteiger partial charge on any atom is 0.0803 e. The maximum atomic E-state index is 6.99. The minimum Gasteiger partial charge on any atom is -0.304 e. The molecular weight excluding hydrogens is 102 g/mol. The van der Waals surface area contributed by atoms with Crippen molar-refractivity contribution in [2.24, 2.45) is 10.2 Å². The largest absolute Gasteiger partial charge is 0.304 e.